The van der Waals surface area contributed by atoms with Gasteiger partial charge < -0.3 is 19.7 Å². The number of anilines is 1. The Morgan fingerprint density at radius 2 is 1.80 bits per heavy atom. The average Bonchev–Trinajstić information content (AvgIpc) is 3.34. The van der Waals surface area contributed by atoms with Crippen LogP contribution in [0.5, 0.6) is 0 Å². The van der Waals surface area contributed by atoms with Crippen molar-refractivity contribution in [1.82, 2.24) is 9.55 Å². The lowest BCUT2D eigenvalue weighted by molar-refractivity contribution is -0.136. The Morgan fingerprint density at radius 1 is 1.06 bits per heavy atom. The fraction of sp³-hybridized carbons (Fsp3) is 0.259. The quantitative estimate of drug-likeness (QED) is 0.424. The van der Waals surface area contributed by atoms with E-state index >= 15 is 0 Å². The Labute approximate surface area is 203 Å². The van der Waals surface area contributed by atoms with Gasteiger partial charge in [-0.3, -0.25) is 9.59 Å². The normalized spacial score (nSPS) is 13.9. The maximum absolute atomic E-state index is 13.3. The number of aromatic carboxylic acids is 1. The standard InChI is InChI=1S/C27H27N3O5/c1-2-3-8-24-28-16-20(30(24)17-18-9-11-19(12-10-18)27(34)35)15-22-21-6-4-5-7-23(21)29(26(22)33)14-13-25(31)32/h4-7,9-12,15-16H,2-3,8,13-14,17H2,1H3,(H,31,32)(H,34,35). The molecule has 0 aliphatic carbocycles. The van der Waals surface area contributed by atoms with Crippen LogP contribution in [0.25, 0.3) is 11.6 Å². The zero-order valence-corrected chi connectivity index (χ0v) is 19.5. The highest BCUT2D eigenvalue weighted by Gasteiger charge is 2.32. The number of aliphatic carboxylic acids is 1. The summed E-state index contributed by atoms with van der Waals surface area (Å²) in [6.07, 6.45) is 6.19. The van der Waals surface area contributed by atoms with Gasteiger partial charge in [-0.25, -0.2) is 9.78 Å². The minimum Gasteiger partial charge on any atom is -0.481 e. The summed E-state index contributed by atoms with van der Waals surface area (Å²) in [6, 6.07) is 14.1. The topological polar surface area (TPSA) is 113 Å². The van der Waals surface area contributed by atoms with Crippen LogP contribution in [-0.4, -0.2) is 44.2 Å². The number of hydrogen-bond donors (Lipinski definition) is 2. The molecule has 0 saturated carbocycles. The van der Waals surface area contributed by atoms with Crippen molar-refractivity contribution in [2.24, 2.45) is 0 Å². The molecule has 35 heavy (non-hydrogen) atoms. The van der Waals surface area contributed by atoms with E-state index in [1.54, 1.807) is 30.5 Å². The number of amides is 1. The molecule has 2 heterocycles. The molecule has 1 aliphatic heterocycles. The van der Waals surface area contributed by atoms with Crippen LogP contribution in [0, 0.1) is 0 Å². The van der Waals surface area contributed by atoms with Crippen molar-refractivity contribution in [1.29, 1.82) is 0 Å². The SMILES string of the molecule is CCCCc1ncc(C=C2C(=O)N(CCC(=O)O)c3ccccc32)n1Cc1ccc(C(=O)O)cc1. The van der Waals surface area contributed by atoms with E-state index in [4.69, 9.17) is 5.11 Å². The second-order valence-electron chi connectivity index (χ2n) is 8.47. The monoisotopic (exact) mass is 473 g/mol. The summed E-state index contributed by atoms with van der Waals surface area (Å²) < 4.78 is 2.05. The second kappa shape index (κ2) is 10.4. The maximum atomic E-state index is 13.3. The number of aryl methyl sites for hydroxylation is 1. The Morgan fingerprint density at radius 3 is 2.49 bits per heavy atom. The lowest BCUT2D eigenvalue weighted by Crippen LogP contribution is -2.28. The molecule has 0 saturated heterocycles. The number of carboxylic acids is 2. The Balaban J connectivity index is 1.72. The van der Waals surface area contributed by atoms with Crippen molar-refractivity contribution >= 4 is 35.2 Å². The smallest absolute Gasteiger partial charge is 0.335 e. The summed E-state index contributed by atoms with van der Waals surface area (Å²) >= 11 is 0. The Kier molecular flexibility index (Phi) is 7.10. The zero-order chi connectivity index (χ0) is 24.9. The van der Waals surface area contributed by atoms with E-state index in [9.17, 15) is 19.5 Å². The van der Waals surface area contributed by atoms with Crippen LogP contribution >= 0.6 is 0 Å². The lowest BCUT2D eigenvalue weighted by atomic mass is 10.1. The van der Waals surface area contributed by atoms with E-state index in [1.807, 2.05) is 34.9 Å². The Bertz CT molecular complexity index is 1290. The van der Waals surface area contributed by atoms with Gasteiger partial charge in [-0.1, -0.05) is 43.7 Å². The molecule has 0 atom stereocenters. The van der Waals surface area contributed by atoms with E-state index < -0.39 is 11.9 Å². The number of imidazole rings is 1. The van der Waals surface area contributed by atoms with E-state index in [1.165, 1.54) is 4.90 Å². The predicted octanol–water partition coefficient (Wildman–Crippen LogP) is 4.33. The van der Waals surface area contributed by atoms with Crippen LogP contribution in [0.4, 0.5) is 5.69 Å². The summed E-state index contributed by atoms with van der Waals surface area (Å²) in [6.45, 7) is 2.69. The first-order valence-electron chi connectivity index (χ1n) is 11.6. The first kappa shape index (κ1) is 23.9. The molecule has 180 valence electrons. The highest BCUT2D eigenvalue weighted by molar-refractivity contribution is 6.35. The number of unbranched alkanes of at least 4 members (excludes halogenated alkanes) is 1. The van der Waals surface area contributed by atoms with E-state index in [2.05, 4.69) is 11.9 Å². The van der Waals surface area contributed by atoms with Crippen molar-refractivity contribution in [2.75, 3.05) is 11.4 Å². The zero-order valence-electron chi connectivity index (χ0n) is 19.5. The molecule has 0 spiro atoms. The molecule has 0 bridgehead atoms. The molecule has 8 heteroatoms. The predicted molar refractivity (Wildman–Crippen MR) is 132 cm³/mol. The molecule has 0 unspecified atom stereocenters. The van der Waals surface area contributed by atoms with Gasteiger partial charge in [0.05, 0.1) is 35.1 Å². The number of aromatic nitrogens is 2. The largest absolute Gasteiger partial charge is 0.481 e. The minimum absolute atomic E-state index is 0.0967. The van der Waals surface area contributed by atoms with Crippen LogP contribution in [-0.2, 0) is 22.6 Å². The Hall–Kier alpha value is -4.20. The van der Waals surface area contributed by atoms with Crippen molar-refractivity contribution in [3.63, 3.8) is 0 Å². The number of hydrogen-bond acceptors (Lipinski definition) is 4. The summed E-state index contributed by atoms with van der Waals surface area (Å²) in [5.74, 6) is -1.28. The number of fused-ring (bicyclic) bond motifs is 1. The van der Waals surface area contributed by atoms with E-state index in [0.717, 1.165) is 41.9 Å². The molecule has 0 radical (unpaired) electrons. The molecule has 3 aromatic rings. The highest BCUT2D eigenvalue weighted by atomic mass is 16.4. The second-order valence-corrected chi connectivity index (χ2v) is 8.47. The fourth-order valence-corrected chi connectivity index (χ4v) is 4.22. The van der Waals surface area contributed by atoms with Gasteiger partial charge in [0.1, 0.15) is 5.82 Å². The average molecular weight is 474 g/mol. The van der Waals surface area contributed by atoms with Gasteiger partial charge >= 0.3 is 11.9 Å². The first-order valence-corrected chi connectivity index (χ1v) is 11.6. The summed E-state index contributed by atoms with van der Waals surface area (Å²) in [4.78, 5) is 41.8. The van der Waals surface area contributed by atoms with Crippen molar-refractivity contribution < 1.29 is 24.6 Å². The van der Waals surface area contributed by atoms with Crippen LogP contribution in [0.2, 0.25) is 0 Å². The molecule has 2 N–H and O–H groups in total. The molecule has 8 nitrogen and oxygen atoms in total. The molecule has 1 amide bonds. The third-order valence-corrected chi connectivity index (χ3v) is 6.07. The lowest BCUT2D eigenvalue weighted by Gasteiger charge is -2.15. The summed E-state index contributed by atoms with van der Waals surface area (Å²) in [5, 5.41) is 18.3. The number of carboxylic acid groups (broad SMARTS) is 2. The number of rotatable bonds is 10. The van der Waals surface area contributed by atoms with Gasteiger partial charge in [-0.2, -0.15) is 0 Å². The van der Waals surface area contributed by atoms with Gasteiger partial charge in [0.25, 0.3) is 5.91 Å². The molecule has 2 aromatic carbocycles. The number of carbonyl (C=O) groups excluding carboxylic acids is 1. The van der Waals surface area contributed by atoms with Gasteiger partial charge in [0, 0.05) is 25.1 Å². The van der Waals surface area contributed by atoms with Crippen molar-refractivity contribution in [2.45, 2.75) is 39.2 Å². The fourth-order valence-electron chi connectivity index (χ4n) is 4.22. The van der Waals surface area contributed by atoms with E-state index in [-0.39, 0.29) is 24.4 Å². The molecule has 4 rings (SSSR count). The number of benzene rings is 2. The molecule has 1 aliphatic rings. The number of nitrogens with zero attached hydrogens (tertiary/aromatic N) is 3. The summed E-state index contributed by atoms with van der Waals surface area (Å²) in [5.41, 5.74) is 3.87. The first-order chi connectivity index (χ1) is 16.9. The van der Waals surface area contributed by atoms with Crippen LogP contribution in [0.15, 0.2) is 54.7 Å². The van der Waals surface area contributed by atoms with Gasteiger partial charge in [-0.05, 0) is 36.3 Å². The summed E-state index contributed by atoms with van der Waals surface area (Å²) in [7, 11) is 0. The molecular weight excluding hydrogens is 446 g/mol. The highest BCUT2D eigenvalue weighted by Crippen LogP contribution is 2.37. The molecule has 0 fully saturated rings. The van der Waals surface area contributed by atoms with Crippen LogP contribution in [0.3, 0.4) is 0 Å². The third-order valence-electron chi connectivity index (χ3n) is 6.07. The number of para-hydroxylation sites is 1. The molecule has 1 aromatic heterocycles. The van der Waals surface area contributed by atoms with Crippen LogP contribution in [0.1, 0.15) is 59.2 Å². The van der Waals surface area contributed by atoms with Gasteiger partial charge in [0.2, 0.25) is 0 Å². The third kappa shape index (κ3) is 5.16. The van der Waals surface area contributed by atoms with E-state index in [0.29, 0.717) is 17.8 Å². The van der Waals surface area contributed by atoms with Crippen LogP contribution < -0.4 is 4.90 Å². The minimum atomic E-state index is -0.973. The number of carbonyl (C=O) groups is 3. The van der Waals surface area contributed by atoms with Crippen molar-refractivity contribution in [3.05, 3.63) is 82.9 Å². The maximum Gasteiger partial charge on any atom is 0.335 e. The van der Waals surface area contributed by atoms with Gasteiger partial charge in [-0.15, -0.1) is 0 Å². The van der Waals surface area contributed by atoms with Crippen molar-refractivity contribution in [3.8, 4) is 0 Å². The molecular formula is C27H27N3O5. The van der Waals surface area contributed by atoms with Gasteiger partial charge in [0.15, 0.2) is 0 Å².